The Labute approximate surface area is 83.7 Å². The zero-order chi connectivity index (χ0) is 9.54. The van der Waals surface area contributed by atoms with E-state index in [1.54, 1.807) is 0 Å². The van der Waals surface area contributed by atoms with Crippen LogP contribution >= 0.6 is 0 Å². The van der Waals surface area contributed by atoms with Crippen LogP contribution < -0.4 is 0 Å². The summed E-state index contributed by atoms with van der Waals surface area (Å²) in [6.45, 7) is 4.12. The molecule has 0 aromatic heterocycles. The molecule has 0 aliphatic carbocycles. The van der Waals surface area contributed by atoms with Crippen LogP contribution in [0.3, 0.4) is 0 Å². The number of benzene rings is 1. The van der Waals surface area contributed by atoms with Crippen LogP contribution in [0.5, 0.6) is 0 Å². The molecule has 1 nitrogen and oxygen atoms in total. The second-order valence-corrected chi connectivity index (χ2v) is 3.61. The average Bonchev–Trinajstić information content (AvgIpc) is 2.55. The van der Waals surface area contributed by atoms with Crippen molar-refractivity contribution >= 4 is 5.70 Å². The summed E-state index contributed by atoms with van der Waals surface area (Å²) in [5, 5.41) is 0. The fourth-order valence-electron chi connectivity index (χ4n) is 2.17. The number of hydrogen-bond acceptors (Lipinski definition) is 1. The lowest BCUT2D eigenvalue weighted by Gasteiger charge is -2.23. The Bertz CT molecular complexity index is 454. The molecule has 0 spiro atoms. The molecule has 1 unspecified atom stereocenters. The van der Waals surface area contributed by atoms with Crippen molar-refractivity contribution < 1.29 is 0 Å². The quantitative estimate of drug-likeness (QED) is 0.594. The normalized spacial score (nSPS) is 22.4. The first kappa shape index (κ1) is 7.63. The van der Waals surface area contributed by atoms with Gasteiger partial charge in [-0.15, -0.1) is 0 Å². The van der Waals surface area contributed by atoms with Gasteiger partial charge in [0.1, 0.15) is 0 Å². The predicted molar refractivity (Wildman–Crippen MR) is 58.3 cm³/mol. The lowest BCUT2D eigenvalue weighted by molar-refractivity contribution is 0.482. The molecule has 1 aromatic rings. The van der Waals surface area contributed by atoms with Crippen LogP contribution in [0.2, 0.25) is 0 Å². The Morgan fingerprint density at radius 1 is 1.14 bits per heavy atom. The van der Waals surface area contributed by atoms with Crippen LogP contribution in [0, 0.1) is 0 Å². The maximum Gasteiger partial charge on any atom is 0.0779 e. The number of rotatable bonds is 0. The van der Waals surface area contributed by atoms with Crippen molar-refractivity contribution in [1.29, 1.82) is 0 Å². The Morgan fingerprint density at radius 3 is 2.93 bits per heavy atom. The predicted octanol–water partition coefficient (Wildman–Crippen LogP) is 3.10. The Hall–Kier alpha value is -1.76. The van der Waals surface area contributed by atoms with E-state index in [1.165, 1.54) is 11.1 Å². The molecule has 0 fully saturated rings. The van der Waals surface area contributed by atoms with Gasteiger partial charge < -0.3 is 4.90 Å². The van der Waals surface area contributed by atoms with Gasteiger partial charge in [0, 0.05) is 17.5 Å². The highest BCUT2D eigenvalue weighted by Gasteiger charge is 2.29. The minimum absolute atomic E-state index is 0.365. The first-order valence-corrected chi connectivity index (χ1v) is 4.79. The third-order valence-electron chi connectivity index (χ3n) is 2.85. The fourth-order valence-corrected chi connectivity index (χ4v) is 2.17. The highest BCUT2D eigenvalue weighted by Crippen LogP contribution is 2.42. The number of hydrogen-bond donors (Lipinski definition) is 0. The van der Waals surface area contributed by atoms with Gasteiger partial charge in [-0.05, 0) is 11.6 Å². The van der Waals surface area contributed by atoms with Crippen molar-refractivity contribution in [2.75, 3.05) is 0 Å². The summed E-state index contributed by atoms with van der Waals surface area (Å²) in [5.41, 5.74) is 3.73. The molecular formula is C13H11N. The van der Waals surface area contributed by atoms with E-state index in [9.17, 15) is 0 Å². The van der Waals surface area contributed by atoms with Crippen molar-refractivity contribution in [3.8, 4) is 0 Å². The number of nitrogens with zero attached hydrogens (tertiary/aromatic N) is 1. The summed E-state index contributed by atoms with van der Waals surface area (Å²) < 4.78 is 0. The van der Waals surface area contributed by atoms with Crippen LogP contribution in [-0.4, -0.2) is 4.90 Å². The summed E-state index contributed by atoms with van der Waals surface area (Å²) >= 11 is 0. The molecule has 3 rings (SSSR count). The number of fused-ring (bicyclic) bond motifs is 3. The van der Waals surface area contributed by atoms with E-state index in [0.717, 1.165) is 5.70 Å². The van der Waals surface area contributed by atoms with Crippen LogP contribution in [0.4, 0.5) is 0 Å². The lowest BCUT2D eigenvalue weighted by atomic mass is 10.0. The van der Waals surface area contributed by atoms with E-state index < -0.39 is 0 Å². The molecule has 0 saturated heterocycles. The fraction of sp³-hybridized carbons (Fsp3) is 0.0769. The minimum atomic E-state index is 0.365. The zero-order valence-electron chi connectivity index (χ0n) is 7.85. The Kier molecular flexibility index (Phi) is 1.42. The monoisotopic (exact) mass is 181 g/mol. The van der Waals surface area contributed by atoms with Gasteiger partial charge >= 0.3 is 0 Å². The first-order valence-electron chi connectivity index (χ1n) is 4.79. The largest absolute Gasteiger partial charge is 0.337 e. The third kappa shape index (κ3) is 0.841. The van der Waals surface area contributed by atoms with Crippen molar-refractivity contribution in [2.24, 2.45) is 0 Å². The molecule has 0 radical (unpaired) electrons. The average molecular weight is 181 g/mol. The molecule has 1 heteroatoms. The second kappa shape index (κ2) is 2.61. The van der Waals surface area contributed by atoms with Crippen LogP contribution in [0.25, 0.3) is 5.70 Å². The molecule has 1 aromatic carbocycles. The van der Waals surface area contributed by atoms with Crippen LogP contribution in [0.15, 0.2) is 55.3 Å². The molecule has 0 bridgehead atoms. The smallest absolute Gasteiger partial charge is 0.0779 e. The van der Waals surface area contributed by atoms with E-state index in [0.29, 0.717) is 6.04 Å². The van der Waals surface area contributed by atoms with Gasteiger partial charge in [0.2, 0.25) is 0 Å². The topological polar surface area (TPSA) is 3.24 Å². The van der Waals surface area contributed by atoms with Crippen molar-refractivity contribution in [3.05, 3.63) is 66.4 Å². The van der Waals surface area contributed by atoms with E-state index >= 15 is 0 Å². The maximum absolute atomic E-state index is 4.12. The molecular weight excluding hydrogens is 170 g/mol. The van der Waals surface area contributed by atoms with Gasteiger partial charge in [-0.2, -0.15) is 0 Å². The molecule has 0 N–H and O–H groups in total. The zero-order valence-corrected chi connectivity index (χ0v) is 7.85. The summed E-state index contributed by atoms with van der Waals surface area (Å²) in [5.74, 6) is 0. The summed E-state index contributed by atoms with van der Waals surface area (Å²) in [4.78, 5) is 2.21. The number of allylic oxidation sites excluding steroid dienone is 2. The standard InChI is InChI=1S/C13H11N/c1-10-11-6-2-3-7-12(11)13-8-4-5-9-14(10)13/h2-9,13H,1H2. The van der Waals surface area contributed by atoms with Gasteiger partial charge in [0.05, 0.1) is 6.04 Å². The molecule has 0 amide bonds. The molecule has 2 aliphatic rings. The second-order valence-electron chi connectivity index (χ2n) is 3.61. The lowest BCUT2D eigenvalue weighted by Crippen LogP contribution is -2.14. The Morgan fingerprint density at radius 2 is 2.00 bits per heavy atom. The summed E-state index contributed by atoms with van der Waals surface area (Å²) in [6, 6.07) is 8.83. The molecule has 1 atom stereocenters. The third-order valence-corrected chi connectivity index (χ3v) is 2.85. The van der Waals surface area contributed by atoms with Crippen molar-refractivity contribution in [1.82, 2.24) is 4.90 Å². The highest BCUT2D eigenvalue weighted by atomic mass is 15.2. The van der Waals surface area contributed by atoms with Gasteiger partial charge in [0.15, 0.2) is 0 Å². The van der Waals surface area contributed by atoms with Crippen molar-refractivity contribution in [2.45, 2.75) is 6.04 Å². The van der Waals surface area contributed by atoms with E-state index in [-0.39, 0.29) is 0 Å². The maximum atomic E-state index is 4.12. The molecule has 2 aliphatic heterocycles. The van der Waals surface area contributed by atoms with Gasteiger partial charge in [-0.1, -0.05) is 43.0 Å². The van der Waals surface area contributed by atoms with Gasteiger partial charge in [-0.25, -0.2) is 0 Å². The van der Waals surface area contributed by atoms with Gasteiger partial charge in [0.25, 0.3) is 0 Å². The SMILES string of the molecule is C=C1c2ccccc2C2C=CC=CN12. The molecule has 0 saturated carbocycles. The van der Waals surface area contributed by atoms with E-state index in [1.807, 2.05) is 6.08 Å². The summed E-state index contributed by atoms with van der Waals surface area (Å²) in [6.07, 6.45) is 8.44. The van der Waals surface area contributed by atoms with Crippen LogP contribution in [0.1, 0.15) is 17.2 Å². The summed E-state index contributed by atoms with van der Waals surface area (Å²) in [7, 11) is 0. The minimum Gasteiger partial charge on any atom is -0.337 e. The van der Waals surface area contributed by atoms with Crippen molar-refractivity contribution in [3.63, 3.8) is 0 Å². The molecule has 2 heterocycles. The van der Waals surface area contributed by atoms with Gasteiger partial charge in [-0.3, -0.25) is 0 Å². The molecule has 68 valence electrons. The van der Waals surface area contributed by atoms with E-state index in [4.69, 9.17) is 0 Å². The van der Waals surface area contributed by atoms with Crippen LogP contribution in [-0.2, 0) is 0 Å². The van der Waals surface area contributed by atoms with E-state index in [2.05, 4.69) is 54.1 Å². The highest BCUT2D eigenvalue weighted by molar-refractivity contribution is 5.72. The Balaban J connectivity index is 2.22. The molecule has 14 heavy (non-hydrogen) atoms. The first-order chi connectivity index (χ1) is 6.88.